The Hall–Kier alpha value is -0.380. The van der Waals surface area contributed by atoms with Gasteiger partial charge in [0.25, 0.3) is 0 Å². The number of ether oxygens (including phenoxy) is 2. The van der Waals surface area contributed by atoms with Crippen LogP contribution in [0.15, 0.2) is 11.6 Å². The lowest BCUT2D eigenvalue weighted by Gasteiger charge is -2.43. The highest BCUT2D eigenvalue weighted by Crippen LogP contribution is 2.51. The predicted molar refractivity (Wildman–Crippen MR) is 80.6 cm³/mol. The lowest BCUT2D eigenvalue weighted by atomic mass is 9.68. The monoisotopic (exact) mass is 282 g/mol. The molecule has 0 amide bonds. The molecule has 0 aromatic rings. The van der Waals surface area contributed by atoms with Gasteiger partial charge in [-0.2, -0.15) is 0 Å². The molecule has 1 aliphatic heterocycles. The van der Waals surface area contributed by atoms with Crippen molar-refractivity contribution in [3.05, 3.63) is 11.6 Å². The molecule has 1 N–H and O–H groups in total. The summed E-state index contributed by atoms with van der Waals surface area (Å²) in [4.78, 5) is 0. The van der Waals surface area contributed by atoms with Crippen molar-refractivity contribution in [3.63, 3.8) is 0 Å². The second-order valence-corrected chi connectivity index (χ2v) is 7.12. The molecule has 3 nitrogen and oxygen atoms in total. The van der Waals surface area contributed by atoms with Gasteiger partial charge in [-0.1, -0.05) is 32.4 Å². The topological polar surface area (TPSA) is 42.0 Å². The fourth-order valence-electron chi connectivity index (χ4n) is 3.72. The van der Waals surface area contributed by atoms with E-state index in [-0.39, 0.29) is 23.5 Å². The number of allylic oxidation sites excluding steroid dienone is 1. The molecule has 2 aliphatic rings. The second kappa shape index (κ2) is 6.17. The SMILES string of the molecule is CO[C@@H]1[C@H](O)[C@H](C)C[C@]2(CO2)[C@H]1C(C)=CCCC(C)C. The Morgan fingerprint density at radius 2 is 2.15 bits per heavy atom. The molecular weight excluding hydrogens is 252 g/mol. The standard InChI is InChI=1S/C17H30O3/c1-11(2)7-6-8-12(3)14-16(19-5)15(18)13(4)9-17(14)10-20-17/h8,11,13-16,18H,6-7,9-10H2,1-5H3/t13-,14+,15-,16+,17+/m1/s1. The van der Waals surface area contributed by atoms with Gasteiger partial charge >= 0.3 is 0 Å². The fraction of sp³-hybridized carbons (Fsp3) is 0.882. The van der Waals surface area contributed by atoms with Crippen LogP contribution in [0.2, 0.25) is 0 Å². The molecule has 1 heterocycles. The van der Waals surface area contributed by atoms with E-state index < -0.39 is 6.10 Å². The van der Waals surface area contributed by atoms with Crippen LogP contribution in [0.1, 0.15) is 47.0 Å². The van der Waals surface area contributed by atoms with E-state index in [0.29, 0.717) is 0 Å². The normalized spacial score (nSPS) is 41.5. The van der Waals surface area contributed by atoms with E-state index in [4.69, 9.17) is 9.47 Å². The second-order valence-electron chi connectivity index (χ2n) is 7.12. The molecule has 116 valence electrons. The van der Waals surface area contributed by atoms with Gasteiger partial charge in [-0.15, -0.1) is 0 Å². The Morgan fingerprint density at radius 3 is 2.65 bits per heavy atom. The maximum Gasteiger partial charge on any atom is 0.101 e. The van der Waals surface area contributed by atoms with Gasteiger partial charge in [0.2, 0.25) is 0 Å². The van der Waals surface area contributed by atoms with Crippen LogP contribution in [0.25, 0.3) is 0 Å². The lowest BCUT2D eigenvalue weighted by Crippen LogP contribution is -2.52. The maximum atomic E-state index is 10.4. The highest BCUT2D eigenvalue weighted by atomic mass is 16.6. The summed E-state index contributed by atoms with van der Waals surface area (Å²) in [5, 5.41) is 10.4. The Balaban J connectivity index is 2.13. The summed E-state index contributed by atoms with van der Waals surface area (Å²) < 4.78 is 11.5. The quantitative estimate of drug-likeness (QED) is 0.622. The molecule has 0 radical (unpaired) electrons. The summed E-state index contributed by atoms with van der Waals surface area (Å²) >= 11 is 0. The van der Waals surface area contributed by atoms with Gasteiger partial charge in [-0.25, -0.2) is 0 Å². The highest BCUT2D eigenvalue weighted by Gasteiger charge is 2.60. The van der Waals surface area contributed by atoms with Crippen LogP contribution >= 0.6 is 0 Å². The molecule has 20 heavy (non-hydrogen) atoms. The molecule has 5 atom stereocenters. The van der Waals surface area contributed by atoms with Crippen molar-refractivity contribution >= 4 is 0 Å². The fourth-order valence-corrected chi connectivity index (χ4v) is 3.72. The lowest BCUT2D eigenvalue weighted by molar-refractivity contribution is -0.109. The van der Waals surface area contributed by atoms with Crippen molar-refractivity contribution in [1.82, 2.24) is 0 Å². The van der Waals surface area contributed by atoms with Crippen molar-refractivity contribution < 1.29 is 14.6 Å². The van der Waals surface area contributed by atoms with E-state index in [1.807, 2.05) is 0 Å². The number of aliphatic hydroxyl groups is 1. The number of aliphatic hydroxyl groups excluding tert-OH is 1. The van der Waals surface area contributed by atoms with Gasteiger partial charge in [0.05, 0.1) is 18.8 Å². The minimum absolute atomic E-state index is 0.0717. The van der Waals surface area contributed by atoms with E-state index in [1.54, 1.807) is 7.11 Å². The van der Waals surface area contributed by atoms with Gasteiger partial charge in [0.1, 0.15) is 5.60 Å². The van der Waals surface area contributed by atoms with Crippen LogP contribution < -0.4 is 0 Å². The van der Waals surface area contributed by atoms with Crippen molar-refractivity contribution in [2.75, 3.05) is 13.7 Å². The first kappa shape index (κ1) is 16.0. The van der Waals surface area contributed by atoms with E-state index in [9.17, 15) is 5.11 Å². The third-order valence-corrected chi connectivity index (χ3v) is 4.97. The summed E-state index contributed by atoms with van der Waals surface area (Å²) in [6.45, 7) is 9.57. The first-order valence-electron chi connectivity index (χ1n) is 7.92. The van der Waals surface area contributed by atoms with E-state index in [2.05, 4.69) is 33.8 Å². The molecule has 1 saturated carbocycles. The average molecular weight is 282 g/mol. The summed E-state index contributed by atoms with van der Waals surface area (Å²) in [7, 11) is 1.70. The third-order valence-electron chi connectivity index (χ3n) is 4.97. The molecule has 0 bridgehead atoms. The first-order chi connectivity index (χ1) is 9.41. The molecule has 1 saturated heterocycles. The first-order valence-corrected chi connectivity index (χ1v) is 7.92. The number of epoxide rings is 1. The molecular formula is C17H30O3. The van der Waals surface area contributed by atoms with Crippen LogP contribution in [0.5, 0.6) is 0 Å². The summed E-state index contributed by atoms with van der Waals surface area (Å²) in [5.74, 6) is 1.16. The van der Waals surface area contributed by atoms with Crippen molar-refractivity contribution in [2.45, 2.75) is 64.8 Å². The molecule has 1 spiro atoms. The van der Waals surface area contributed by atoms with Crippen LogP contribution in [0, 0.1) is 17.8 Å². The van der Waals surface area contributed by atoms with Crippen LogP contribution in [0.4, 0.5) is 0 Å². The van der Waals surface area contributed by atoms with Gasteiger partial charge in [0.15, 0.2) is 0 Å². The summed E-state index contributed by atoms with van der Waals surface area (Å²) in [5.41, 5.74) is 1.25. The molecule has 2 rings (SSSR count). The average Bonchev–Trinajstić information content (AvgIpc) is 3.13. The van der Waals surface area contributed by atoms with Gasteiger partial charge in [-0.05, 0) is 38.0 Å². The van der Waals surface area contributed by atoms with Gasteiger partial charge in [-0.3, -0.25) is 0 Å². The molecule has 0 unspecified atom stereocenters. The summed E-state index contributed by atoms with van der Waals surface area (Å²) in [6.07, 6.45) is 5.02. The minimum Gasteiger partial charge on any atom is -0.390 e. The Labute approximate surface area is 123 Å². The number of hydrogen-bond acceptors (Lipinski definition) is 3. The number of hydrogen-bond donors (Lipinski definition) is 1. The van der Waals surface area contributed by atoms with Crippen LogP contribution in [0.3, 0.4) is 0 Å². The third kappa shape index (κ3) is 3.10. The predicted octanol–water partition coefficient (Wildman–Crippen LogP) is 3.17. The molecule has 2 fully saturated rings. The minimum atomic E-state index is -0.395. The zero-order chi connectivity index (χ0) is 14.9. The van der Waals surface area contributed by atoms with E-state index >= 15 is 0 Å². The van der Waals surface area contributed by atoms with Gasteiger partial charge in [0, 0.05) is 13.0 Å². The Bertz CT molecular complexity index is 357. The molecule has 3 heteroatoms. The zero-order valence-electron chi connectivity index (χ0n) is 13.6. The number of rotatable bonds is 5. The molecule has 0 aromatic heterocycles. The Kier molecular flexibility index (Phi) is 4.93. The van der Waals surface area contributed by atoms with Crippen molar-refractivity contribution in [3.8, 4) is 0 Å². The largest absolute Gasteiger partial charge is 0.390 e. The summed E-state index contributed by atoms with van der Waals surface area (Å²) in [6, 6.07) is 0. The molecule has 1 aliphatic carbocycles. The maximum absolute atomic E-state index is 10.4. The Morgan fingerprint density at radius 1 is 1.50 bits per heavy atom. The van der Waals surface area contributed by atoms with Crippen LogP contribution in [-0.2, 0) is 9.47 Å². The highest BCUT2D eigenvalue weighted by molar-refractivity contribution is 5.21. The zero-order valence-corrected chi connectivity index (χ0v) is 13.6. The number of methoxy groups -OCH3 is 1. The van der Waals surface area contributed by atoms with Crippen LogP contribution in [-0.4, -0.2) is 36.6 Å². The van der Waals surface area contributed by atoms with Crippen molar-refractivity contribution in [2.24, 2.45) is 17.8 Å². The smallest absolute Gasteiger partial charge is 0.101 e. The van der Waals surface area contributed by atoms with E-state index in [1.165, 1.54) is 12.0 Å². The van der Waals surface area contributed by atoms with E-state index in [0.717, 1.165) is 25.4 Å². The molecule has 0 aromatic carbocycles. The van der Waals surface area contributed by atoms with Crippen molar-refractivity contribution in [1.29, 1.82) is 0 Å². The van der Waals surface area contributed by atoms with Gasteiger partial charge < -0.3 is 14.6 Å².